The average Bonchev–Trinajstić information content (AvgIpc) is 3.34. The number of carbonyl (C=O) groups excluding carboxylic acids is 3. The van der Waals surface area contributed by atoms with Gasteiger partial charge in [-0.05, 0) is 77.0 Å². The third kappa shape index (κ3) is 54.3. The fraction of sp³-hybridized carbons (Fsp3) is 0.823. The maximum atomic E-state index is 12.9. The van der Waals surface area contributed by atoms with Crippen molar-refractivity contribution in [3.63, 3.8) is 0 Å². The van der Waals surface area contributed by atoms with Gasteiger partial charge >= 0.3 is 17.9 Å². The third-order valence-electron chi connectivity index (χ3n) is 13.1. The second-order valence-corrected chi connectivity index (χ2v) is 19.9. The summed E-state index contributed by atoms with van der Waals surface area (Å²) in [5.74, 6) is -0.880. The predicted molar refractivity (Wildman–Crippen MR) is 293 cm³/mol. The van der Waals surface area contributed by atoms with Gasteiger partial charge in [-0.15, -0.1) is 0 Å². The van der Waals surface area contributed by atoms with Crippen LogP contribution in [-0.2, 0) is 28.6 Å². The SMILES string of the molecule is CC/C=C\C/C=C\C/C=C\CCCCCCCCCC(=O)OC(COC(=O)CCCCCCC/C=C\CCCCCC)COC(=O)CCCCCCCCCCCCCCCCCCCCCC. The molecule has 0 bridgehead atoms. The predicted octanol–water partition coefficient (Wildman–Crippen LogP) is 19.8. The monoisotopic (exact) mass is 953 g/mol. The average molecular weight is 954 g/mol. The van der Waals surface area contributed by atoms with E-state index in [-0.39, 0.29) is 31.1 Å². The Morgan fingerprint density at radius 2 is 0.574 bits per heavy atom. The molecule has 0 aliphatic rings. The fourth-order valence-corrected chi connectivity index (χ4v) is 8.63. The number of ether oxygens (including phenoxy) is 3. The normalized spacial score (nSPS) is 12.3. The first-order valence-electron chi connectivity index (χ1n) is 29.6. The zero-order chi connectivity index (χ0) is 49.3. The van der Waals surface area contributed by atoms with E-state index >= 15 is 0 Å². The molecule has 0 N–H and O–H groups in total. The topological polar surface area (TPSA) is 78.9 Å². The molecular weight excluding hydrogens is 841 g/mol. The number of esters is 3. The summed E-state index contributed by atoms with van der Waals surface area (Å²) in [6.45, 7) is 6.54. The molecule has 0 saturated carbocycles. The van der Waals surface area contributed by atoms with Crippen LogP contribution in [0.4, 0.5) is 0 Å². The Bertz CT molecular complexity index is 1190. The van der Waals surface area contributed by atoms with Crippen molar-refractivity contribution in [2.24, 2.45) is 0 Å². The second-order valence-electron chi connectivity index (χ2n) is 19.9. The largest absolute Gasteiger partial charge is 0.462 e. The van der Waals surface area contributed by atoms with Crippen LogP contribution >= 0.6 is 0 Å². The summed E-state index contributed by atoms with van der Waals surface area (Å²) >= 11 is 0. The Hall–Kier alpha value is -2.63. The first-order valence-corrected chi connectivity index (χ1v) is 29.6. The molecule has 0 aliphatic heterocycles. The van der Waals surface area contributed by atoms with Crippen LogP contribution in [0.3, 0.4) is 0 Å². The Morgan fingerprint density at radius 1 is 0.309 bits per heavy atom. The van der Waals surface area contributed by atoms with Crippen molar-refractivity contribution in [1.82, 2.24) is 0 Å². The molecule has 396 valence electrons. The highest BCUT2D eigenvalue weighted by Gasteiger charge is 2.19. The van der Waals surface area contributed by atoms with Crippen LogP contribution in [-0.4, -0.2) is 37.2 Å². The van der Waals surface area contributed by atoms with Gasteiger partial charge in [0.15, 0.2) is 6.10 Å². The lowest BCUT2D eigenvalue weighted by Crippen LogP contribution is -2.30. The van der Waals surface area contributed by atoms with E-state index in [1.165, 1.54) is 180 Å². The van der Waals surface area contributed by atoms with Crippen molar-refractivity contribution >= 4 is 17.9 Å². The van der Waals surface area contributed by atoms with Crippen molar-refractivity contribution < 1.29 is 28.6 Å². The molecule has 0 heterocycles. The van der Waals surface area contributed by atoms with E-state index in [9.17, 15) is 14.4 Å². The Balaban J connectivity index is 4.32. The van der Waals surface area contributed by atoms with Crippen molar-refractivity contribution in [3.05, 3.63) is 48.6 Å². The number of hydrogen-bond acceptors (Lipinski definition) is 6. The minimum atomic E-state index is -0.780. The zero-order valence-corrected chi connectivity index (χ0v) is 45.4. The van der Waals surface area contributed by atoms with Crippen molar-refractivity contribution in [2.75, 3.05) is 13.2 Å². The molecule has 1 unspecified atom stereocenters. The molecule has 0 spiro atoms. The standard InChI is InChI=1S/C62H112O6/c1-4-7-10-13-16-19-22-25-27-29-30-31-33-34-37-40-43-46-49-52-55-61(64)67-58-59(57-66-60(63)54-51-48-45-42-39-36-24-21-18-15-12-9-6-3)68-62(65)56-53-50-47-44-41-38-35-32-28-26-23-20-17-14-11-8-5-2/h8,11,17,20-21,24,26,28,59H,4-7,9-10,12-16,18-19,22-23,25,27,29-58H2,1-3H3/b11-8-,20-17-,24-21-,28-26-. The Labute approximate surface area is 422 Å². The number of carbonyl (C=O) groups is 3. The fourth-order valence-electron chi connectivity index (χ4n) is 8.63. The van der Waals surface area contributed by atoms with Crippen LogP contribution in [0.2, 0.25) is 0 Å². The molecule has 0 aromatic heterocycles. The zero-order valence-electron chi connectivity index (χ0n) is 45.4. The summed E-state index contributed by atoms with van der Waals surface area (Å²) < 4.78 is 16.9. The van der Waals surface area contributed by atoms with Gasteiger partial charge in [0, 0.05) is 19.3 Å². The molecular formula is C62H112O6. The molecule has 1 atom stereocenters. The van der Waals surface area contributed by atoms with Gasteiger partial charge in [-0.25, -0.2) is 0 Å². The highest BCUT2D eigenvalue weighted by Crippen LogP contribution is 2.17. The van der Waals surface area contributed by atoms with E-state index in [1.807, 2.05) is 0 Å². The van der Waals surface area contributed by atoms with Crippen molar-refractivity contribution in [3.8, 4) is 0 Å². The number of rotatable bonds is 54. The van der Waals surface area contributed by atoms with Crippen molar-refractivity contribution in [1.29, 1.82) is 0 Å². The van der Waals surface area contributed by atoms with E-state index in [0.29, 0.717) is 19.3 Å². The van der Waals surface area contributed by atoms with Gasteiger partial charge in [0.2, 0.25) is 0 Å². The Morgan fingerprint density at radius 3 is 0.926 bits per heavy atom. The van der Waals surface area contributed by atoms with Crippen LogP contribution in [0.25, 0.3) is 0 Å². The molecule has 0 saturated heterocycles. The smallest absolute Gasteiger partial charge is 0.306 e. The molecule has 68 heavy (non-hydrogen) atoms. The minimum absolute atomic E-state index is 0.0766. The molecule has 0 rings (SSSR count). The van der Waals surface area contributed by atoms with E-state index in [4.69, 9.17) is 14.2 Å². The highest BCUT2D eigenvalue weighted by atomic mass is 16.6. The van der Waals surface area contributed by atoms with Crippen molar-refractivity contribution in [2.45, 2.75) is 316 Å². The maximum Gasteiger partial charge on any atom is 0.306 e. The maximum absolute atomic E-state index is 12.9. The Kier molecular flexibility index (Phi) is 54.8. The highest BCUT2D eigenvalue weighted by molar-refractivity contribution is 5.71. The molecule has 6 nitrogen and oxygen atoms in total. The van der Waals surface area contributed by atoms with Gasteiger partial charge in [0.1, 0.15) is 13.2 Å². The van der Waals surface area contributed by atoms with Gasteiger partial charge in [-0.3, -0.25) is 14.4 Å². The molecule has 6 heteroatoms. The molecule has 0 aromatic rings. The van der Waals surface area contributed by atoms with E-state index in [2.05, 4.69) is 69.4 Å². The second kappa shape index (κ2) is 57.0. The van der Waals surface area contributed by atoms with Gasteiger partial charge < -0.3 is 14.2 Å². The first kappa shape index (κ1) is 65.4. The van der Waals surface area contributed by atoms with Gasteiger partial charge in [0.25, 0.3) is 0 Å². The van der Waals surface area contributed by atoms with E-state index < -0.39 is 6.10 Å². The van der Waals surface area contributed by atoms with Crippen LogP contribution in [0, 0.1) is 0 Å². The summed E-state index contributed by atoms with van der Waals surface area (Å²) in [4.78, 5) is 38.2. The third-order valence-corrected chi connectivity index (χ3v) is 13.1. The lowest BCUT2D eigenvalue weighted by atomic mass is 10.0. The van der Waals surface area contributed by atoms with Crippen LogP contribution in [0.5, 0.6) is 0 Å². The molecule has 0 amide bonds. The molecule has 0 fully saturated rings. The summed E-state index contributed by atoms with van der Waals surface area (Å²) in [7, 11) is 0. The van der Waals surface area contributed by atoms with Gasteiger partial charge in [-0.1, -0.05) is 262 Å². The summed E-state index contributed by atoms with van der Waals surface area (Å²) in [6.07, 6.45) is 69.6. The van der Waals surface area contributed by atoms with Crippen LogP contribution in [0.15, 0.2) is 48.6 Å². The number of unbranched alkanes of at least 4 members (excludes halogenated alkanes) is 35. The van der Waals surface area contributed by atoms with E-state index in [1.54, 1.807) is 0 Å². The summed E-state index contributed by atoms with van der Waals surface area (Å²) in [6, 6.07) is 0. The number of hydrogen-bond donors (Lipinski definition) is 0. The lowest BCUT2D eigenvalue weighted by Gasteiger charge is -2.18. The van der Waals surface area contributed by atoms with Gasteiger partial charge in [0.05, 0.1) is 0 Å². The summed E-state index contributed by atoms with van der Waals surface area (Å²) in [5, 5.41) is 0. The quantitative estimate of drug-likeness (QED) is 0.0262. The van der Waals surface area contributed by atoms with Crippen LogP contribution in [0.1, 0.15) is 310 Å². The van der Waals surface area contributed by atoms with Crippen LogP contribution < -0.4 is 0 Å². The summed E-state index contributed by atoms with van der Waals surface area (Å²) in [5.41, 5.74) is 0. The first-order chi connectivity index (χ1) is 33.5. The molecule has 0 radical (unpaired) electrons. The lowest BCUT2D eigenvalue weighted by molar-refractivity contribution is -0.167. The number of allylic oxidation sites excluding steroid dienone is 8. The van der Waals surface area contributed by atoms with E-state index in [0.717, 1.165) is 89.9 Å². The molecule has 0 aliphatic carbocycles. The molecule has 0 aromatic carbocycles. The minimum Gasteiger partial charge on any atom is -0.462 e. The van der Waals surface area contributed by atoms with Gasteiger partial charge in [-0.2, -0.15) is 0 Å².